The van der Waals surface area contributed by atoms with Crippen LogP contribution in [0.5, 0.6) is 5.75 Å². The first-order valence-electron chi connectivity index (χ1n) is 11.3. The van der Waals surface area contributed by atoms with E-state index in [9.17, 15) is 17.6 Å². The number of amides is 1. The summed E-state index contributed by atoms with van der Waals surface area (Å²) in [4.78, 5) is 12.4. The van der Waals surface area contributed by atoms with Crippen molar-refractivity contribution < 1.29 is 22.3 Å². The number of aryl methyl sites for hydroxylation is 3. The molecule has 0 aliphatic carbocycles. The van der Waals surface area contributed by atoms with Gasteiger partial charge in [0, 0.05) is 0 Å². The minimum Gasteiger partial charge on any atom is -0.484 e. The average molecular weight is 499 g/mol. The topological polar surface area (TPSA) is 75.7 Å². The minimum absolute atomic E-state index is 0.0670. The van der Waals surface area contributed by atoms with E-state index in [-0.39, 0.29) is 30.9 Å². The highest BCUT2D eigenvalue weighted by atomic mass is 32.2. The van der Waals surface area contributed by atoms with Crippen LogP contribution in [0.15, 0.2) is 60.7 Å². The number of nitrogens with one attached hydrogen (secondary N) is 1. The first kappa shape index (κ1) is 26.2. The summed E-state index contributed by atoms with van der Waals surface area (Å²) >= 11 is 0. The number of hydrogen-bond acceptors (Lipinski definition) is 4. The van der Waals surface area contributed by atoms with Crippen LogP contribution >= 0.6 is 0 Å². The third-order valence-corrected chi connectivity index (χ3v) is 7.00. The molecule has 1 atom stereocenters. The van der Waals surface area contributed by atoms with Crippen molar-refractivity contribution in [2.24, 2.45) is 0 Å². The molecule has 1 N–H and O–H groups in total. The number of carbonyl (C=O) groups excluding carboxylic acids is 1. The molecule has 0 aromatic heterocycles. The number of halogens is 1. The summed E-state index contributed by atoms with van der Waals surface area (Å²) in [6, 6.07) is 16.2. The molecule has 0 saturated carbocycles. The van der Waals surface area contributed by atoms with Gasteiger partial charge in [0.05, 0.1) is 24.5 Å². The number of carbonyl (C=O) groups is 1. The van der Waals surface area contributed by atoms with Gasteiger partial charge in [0.15, 0.2) is 6.61 Å². The van der Waals surface area contributed by atoms with Gasteiger partial charge in [-0.1, -0.05) is 24.3 Å². The fraction of sp³-hybridized carbons (Fsp3) is 0.296. The van der Waals surface area contributed by atoms with Gasteiger partial charge in [-0.15, -0.1) is 0 Å². The first-order valence-corrected chi connectivity index (χ1v) is 13.1. The lowest BCUT2D eigenvalue weighted by molar-refractivity contribution is -0.123. The lowest BCUT2D eigenvalue weighted by Crippen LogP contribution is -2.31. The predicted molar refractivity (Wildman–Crippen MR) is 137 cm³/mol. The maximum Gasteiger partial charge on any atom is 0.258 e. The van der Waals surface area contributed by atoms with Crippen LogP contribution in [0.3, 0.4) is 0 Å². The second-order valence-corrected chi connectivity index (χ2v) is 10.7. The average Bonchev–Trinajstić information content (AvgIpc) is 2.79. The van der Waals surface area contributed by atoms with E-state index in [4.69, 9.17) is 4.74 Å². The second kappa shape index (κ2) is 10.9. The van der Waals surface area contributed by atoms with Crippen LogP contribution < -0.4 is 14.4 Å². The van der Waals surface area contributed by atoms with Gasteiger partial charge in [0.25, 0.3) is 5.91 Å². The zero-order valence-corrected chi connectivity index (χ0v) is 21.4. The van der Waals surface area contributed by atoms with Gasteiger partial charge >= 0.3 is 0 Å². The molecule has 186 valence electrons. The van der Waals surface area contributed by atoms with Gasteiger partial charge in [-0.3, -0.25) is 9.10 Å². The number of benzene rings is 3. The van der Waals surface area contributed by atoms with Gasteiger partial charge in [-0.2, -0.15) is 0 Å². The summed E-state index contributed by atoms with van der Waals surface area (Å²) in [5.74, 6) is -0.203. The molecule has 0 aliphatic rings. The number of nitrogens with zero attached hydrogens (tertiary/aromatic N) is 1. The number of anilines is 1. The summed E-state index contributed by atoms with van der Waals surface area (Å²) in [6.07, 6.45) is 1.11. The number of sulfonamides is 1. The maximum atomic E-state index is 13.2. The Hall–Kier alpha value is -3.39. The molecule has 3 aromatic rings. The Bertz CT molecular complexity index is 1290. The summed E-state index contributed by atoms with van der Waals surface area (Å²) < 4.78 is 44.7. The fourth-order valence-corrected chi connectivity index (χ4v) is 4.71. The zero-order valence-electron chi connectivity index (χ0n) is 20.6. The Morgan fingerprint density at radius 2 is 1.57 bits per heavy atom. The molecule has 0 saturated heterocycles. The quantitative estimate of drug-likeness (QED) is 0.452. The summed E-state index contributed by atoms with van der Waals surface area (Å²) in [7, 11) is -3.58. The van der Waals surface area contributed by atoms with Crippen LogP contribution in [-0.4, -0.2) is 27.2 Å². The van der Waals surface area contributed by atoms with Gasteiger partial charge in [-0.25, -0.2) is 12.8 Å². The lowest BCUT2D eigenvalue weighted by Gasteiger charge is -2.23. The van der Waals surface area contributed by atoms with E-state index in [1.54, 1.807) is 36.4 Å². The Morgan fingerprint density at radius 1 is 0.971 bits per heavy atom. The van der Waals surface area contributed by atoms with E-state index in [0.29, 0.717) is 17.0 Å². The normalized spacial score (nSPS) is 12.2. The fourth-order valence-electron chi connectivity index (χ4n) is 3.82. The van der Waals surface area contributed by atoms with Crippen molar-refractivity contribution in [1.82, 2.24) is 5.32 Å². The molecule has 0 bridgehead atoms. The van der Waals surface area contributed by atoms with E-state index in [1.807, 2.05) is 20.8 Å². The van der Waals surface area contributed by atoms with E-state index in [1.165, 1.54) is 27.6 Å². The van der Waals surface area contributed by atoms with Gasteiger partial charge in [-0.05, 0) is 91.9 Å². The molecule has 8 heteroatoms. The number of hydrogen-bond donors (Lipinski definition) is 1. The highest BCUT2D eigenvalue weighted by Gasteiger charge is 2.18. The predicted octanol–water partition coefficient (Wildman–Crippen LogP) is 4.97. The highest BCUT2D eigenvalue weighted by Crippen LogP contribution is 2.24. The Labute approximate surface area is 206 Å². The Morgan fingerprint density at radius 3 is 2.17 bits per heavy atom. The molecular formula is C27H31FN2O4S. The monoisotopic (exact) mass is 498 g/mol. The van der Waals surface area contributed by atoms with E-state index >= 15 is 0 Å². The molecule has 0 fully saturated rings. The van der Waals surface area contributed by atoms with Crippen LogP contribution in [0, 0.1) is 26.6 Å². The first-order chi connectivity index (χ1) is 16.4. The summed E-state index contributed by atoms with van der Waals surface area (Å²) in [5.41, 5.74) is 5.66. The van der Waals surface area contributed by atoms with Crippen molar-refractivity contribution in [2.45, 2.75) is 40.3 Å². The number of rotatable bonds is 9. The van der Waals surface area contributed by atoms with Gasteiger partial charge in [0.1, 0.15) is 11.6 Å². The Balaban J connectivity index is 1.62. The zero-order chi connectivity index (χ0) is 25.8. The molecule has 6 nitrogen and oxygen atoms in total. The standard InChI is InChI=1S/C27H31FN2O4S/c1-18-14-20(3)26(15-19(18)2)21(4)29-27(31)17-34-25-12-10-24(11-13-25)30(35(5,32)33)16-22-6-8-23(28)9-7-22/h6-15,21H,16-17H2,1-5H3,(H,29,31). The second-order valence-electron chi connectivity index (χ2n) is 8.76. The maximum absolute atomic E-state index is 13.2. The van der Waals surface area contributed by atoms with Crippen LogP contribution in [0.2, 0.25) is 0 Å². The van der Waals surface area contributed by atoms with Gasteiger partial charge in [0.2, 0.25) is 10.0 Å². The molecule has 0 radical (unpaired) electrons. The molecule has 1 unspecified atom stereocenters. The van der Waals surface area contributed by atoms with Crippen molar-refractivity contribution in [3.63, 3.8) is 0 Å². The largest absolute Gasteiger partial charge is 0.484 e. The SMILES string of the molecule is Cc1cc(C)c(C(C)NC(=O)COc2ccc(N(Cc3ccc(F)cc3)S(C)(=O)=O)cc2)cc1C. The van der Waals surface area contributed by atoms with E-state index in [2.05, 4.69) is 24.4 Å². The Kier molecular flexibility index (Phi) is 8.17. The lowest BCUT2D eigenvalue weighted by atomic mass is 9.96. The van der Waals surface area contributed by atoms with E-state index < -0.39 is 10.0 Å². The van der Waals surface area contributed by atoms with Crippen molar-refractivity contribution in [1.29, 1.82) is 0 Å². The summed E-state index contributed by atoms with van der Waals surface area (Å²) in [5, 5.41) is 2.96. The molecule has 3 aromatic carbocycles. The molecule has 3 rings (SSSR count). The van der Waals surface area contributed by atoms with Crippen molar-refractivity contribution >= 4 is 21.6 Å². The van der Waals surface area contributed by atoms with Crippen molar-refractivity contribution in [3.05, 3.63) is 94.3 Å². The molecule has 35 heavy (non-hydrogen) atoms. The van der Waals surface area contributed by atoms with Crippen LogP contribution in [0.25, 0.3) is 0 Å². The molecular weight excluding hydrogens is 467 g/mol. The van der Waals surface area contributed by atoms with Gasteiger partial charge < -0.3 is 10.1 Å². The number of ether oxygens (including phenoxy) is 1. The van der Waals surface area contributed by atoms with Crippen molar-refractivity contribution in [3.8, 4) is 5.75 Å². The van der Waals surface area contributed by atoms with Crippen LogP contribution in [0.4, 0.5) is 10.1 Å². The van der Waals surface area contributed by atoms with Crippen molar-refractivity contribution in [2.75, 3.05) is 17.2 Å². The third-order valence-electron chi connectivity index (χ3n) is 5.86. The van der Waals surface area contributed by atoms with E-state index in [0.717, 1.165) is 17.4 Å². The highest BCUT2D eigenvalue weighted by molar-refractivity contribution is 7.92. The van der Waals surface area contributed by atoms with Crippen LogP contribution in [-0.2, 0) is 21.4 Å². The smallest absolute Gasteiger partial charge is 0.258 e. The third kappa shape index (κ3) is 7.05. The molecule has 0 spiro atoms. The minimum atomic E-state index is -3.58. The van der Waals surface area contributed by atoms with Crippen LogP contribution in [0.1, 0.15) is 40.8 Å². The summed E-state index contributed by atoms with van der Waals surface area (Å²) in [6.45, 7) is 7.97. The molecule has 0 heterocycles. The molecule has 0 aliphatic heterocycles. The molecule has 1 amide bonds.